The summed E-state index contributed by atoms with van der Waals surface area (Å²) in [6.07, 6.45) is 4.47. The van der Waals surface area contributed by atoms with Crippen molar-refractivity contribution >= 4 is 54.9 Å². The van der Waals surface area contributed by atoms with E-state index >= 15 is 0 Å². The number of para-hydroxylation sites is 3. The summed E-state index contributed by atoms with van der Waals surface area (Å²) < 4.78 is 4.89. The van der Waals surface area contributed by atoms with Crippen LogP contribution in [-0.4, -0.2) is 9.13 Å². The van der Waals surface area contributed by atoms with Crippen LogP contribution in [0.4, 0.5) is 0 Å². The Bertz CT molecular complexity index is 2750. The van der Waals surface area contributed by atoms with Crippen LogP contribution in [0, 0.1) is 0 Å². The van der Waals surface area contributed by atoms with Gasteiger partial charge in [0.1, 0.15) is 0 Å². The maximum absolute atomic E-state index is 6.81. The van der Waals surface area contributed by atoms with Crippen molar-refractivity contribution in [3.63, 3.8) is 0 Å². The van der Waals surface area contributed by atoms with Crippen LogP contribution in [0.25, 0.3) is 66.3 Å². The molecule has 0 radical (unpaired) electrons. The van der Waals surface area contributed by atoms with E-state index in [4.69, 9.17) is 5.73 Å². The molecule has 3 nitrogen and oxygen atoms in total. The normalized spacial score (nSPS) is 13.0. The minimum atomic E-state index is 0.180. The standard InChI is InChI=1S/C48H37N3/c1-33(34-16-5-2-6-17-34)30-37(32-44(49)35-18-7-3-8-19-35)36-20-15-23-39(31-36)51-46-27-14-12-25-41(46)43-29-28-42-40-24-11-13-26-45(40)50(47(42)48(43)51)38-21-9-4-10-22-38/h2-33H,49H2,1H3/b37-30+,44-32-. The van der Waals surface area contributed by atoms with Gasteiger partial charge in [-0.05, 0) is 70.7 Å². The zero-order valence-electron chi connectivity index (χ0n) is 28.4. The fourth-order valence-corrected chi connectivity index (χ4v) is 7.67. The van der Waals surface area contributed by atoms with Crippen LogP contribution in [0.15, 0.2) is 188 Å². The van der Waals surface area contributed by atoms with E-state index in [0.29, 0.717) is 0 Å². The van der Waals surface area contributed by atoms with Crippen LogP contribution in [0.1, 0.15) is 29.5 Å². The molecule has 2 N–H and O–H groups in total. The van der Waals surface area contributed by atoms with Crippen molar-refractivity contribution in [2.24, 2.45) is 5.73 Å². The lowest BCUT2D eigenvalue weighted by Crippen LogP contribution is -2.00. The third kappa shape index (κ3) is 5.31. The smallest absolute Gasteiger partial charge is 0.0788 e. The summed E-state index contributed by atoms with van der Waals surface area (Å²) in [6, 6.07) is 62.6. The van der Waals surface area contributed by atoms with Gasteiger partial charge in [-0.25, -0.2) is 0 Å². The molecule has 0 fully saturated rings. The summed E-state index contributed by atoms with van der Waals surface area (Å²) in [5.41, 5.74) is 19.0. The molecule has 1 atom stereocenters. The molecule has 0 amide bonds. The minimum Gasteiger partial charge on any atom is -0.398 e. The van der Waals surface area contributed by atoms with E-state index in [9.17, 15) is 0 Å². The summed E-state index contributed by atoms with van der Waals surface area (Å²) in [6.45, 7) is 2.25. The van der Waals surface area contributed by atoms with Gasteiger partial charge in [-0.1, -0.05) is 153 Å². The predicted octanol–water partition coefficient (Wildman–Crippen LogP) is 12.1. The summed E-state index contributed by atoms with van der Waals surface area (Å²) >= 11 is 0. The number of fused-ring (bicyclic) bond motifs is 7. The largest absolute Gasteiger partial charge is 0.398 e. The first-order valence-electron chi connectivity index (χ1n) is 17.6. The van der Waals surface area contributed by atoms with Gasteiger partial charge >= 0.3 is 0 Å². The molecule has 0 aliphatic rings. The van der Waals surface area contributed by atoms with Crippen molar-refractivity contribution in [2.75, 3.05) is 0 Å². The van der Waals surface area contributed by atoms with Gasteiger partial charge in [0.15, 0.2) is 0 Å². The molecule has 0 saturated heterocycles. The highest BCUT2D eigenvalue weighted by Gasteiger charge is 2.21. The summed E-state index contributed by atoms with van der Waals surface area (Å²) in [5.74, 6) is 0.180. The van der Waals surface area contributed by atoms with Gasteiger partial charge in [0.2, 0.25) is 0 Å². The van der Waals surface area contributed by atoms with E-state index < -0.39 is 0 Å². The number of hydrogen-bond donors (Lipinski definition) is 1. The fraction of sp³-hybridized carbons (Fsp3) is 0.0417. The Kier molecular flexibility index (Phi) is 7.59. The molecule has 9 rings (SSSR count). The molecule has 244 valence electrons. The van der Waals surface area contributed by atoms with Gasteiger partial charge in [0.05, 0.1) is 22.1 Å². The first-order chi connectivity index (χ1) is 25.2. The molecule has 0 aliphatic heterocycles. The van der Waals surface area contributed by atoms with Gasteiger partial charge in [0.25, 0.3) is 0 Å². The van der Waals surface area contributed by atoms with Crippen molar-refractivity contribution in [1.29, 1.82) is 0 Å². The zero-order valence-corrected chi connectivity index (χ0v) is 28.4. The lowest BCUT2D eigenvalue weighted by Gasteiger charge is -2.15. The molecule has 51 heavy (non-hydrogen) atoms. The van der Waals surface area contributed by atoms with Crippen LogP contribution >= 0.6 is 0 Å². The third-order valence-electron chi connectivity index (χ3n) is 10.1. The van der Waals surface area contributed by atoms with Crippen LogP contribution in [0.2, 0.25) is 0 Å². The molecule has 9 aromatic rings. The Labute approximate surface area is 297 Å². The molecule has 1 unspecified atom stereocenters. The van der Waals surface area contributed by atoms with Crippen LogP contribution in [0.3, 0.4) is 0 Å². The monoisotopic (exact) mass is 655 g/mol. The molecule has 0 saturated carbocycles. The average Bonchev–Trinajstić information content (AvgIpc) is 3.72. The molecule has 7 aromatic carbocycles. The van der Waals surface area contributed by atoms with Gasteiger partial charge in [-0.2, -0.15) is 0 Å². The first-order valence-corrected chi connectivity index (χ1v) is 17.6. The summed E-state index contributed by atoms with van der Waals surface area (Å²) in [4.78, 5) is 0. The average molecular weight is 656 g/mol. The van der Waals surface area contributed by atoms with Gasteiger partial charge < -0.3 is 14.9 Å². The Morgan fingerprint density at radius 1 is 0.490 bits per heavy atom. The Morgan fingerprint density at radius 3 is 1.61 bits per heavy atom. The van der Waals surface area contributed by atoms with E-state index in [2.05, 4.69) is 186 Å². The quantitative estimate of drug-likeness (QED) is 0.170. The number of allylic oxidation sites excluding steroid dienone is 3. The number of aromatic nitrogens is 2. The number of benzene rings is 7. The second-order valence-corrected chi connectivity index (χ2v) is 13.2. The summed E-state index contributed by atoms with van der Waals surface area (Å²) in [7, 11) is 0. The van der Waals surface area contributed by atoms with Crippen LogP contribution < -0.4 is 5.73 Å². The van der Waals surface area contributed by atoms with Crippen LogP contribution in [0.5, 0.6) is 0 Å². The highest BCUT2D eigenvalue weighted by atomic mass is 15.0. The Hall–Kier alpha value is -6.58. The SMILES string of the molecule is CC(/C=C(\C=C(/N)c1ccccc1)c1cccc(-n2c3ccccc3c3ccc4c5ccccc5n(-c5ccccc5)c4c32)c1)c1ccccc1. The lowest BCUT2D eigenvalue weighted by atomic mass is 9.94. The van der Waals surface area contributed by atoms with E-state index in [-0.39, 0.29) is 5.92 Å². The van der Waals surface area contributed by atoms with Crippen molar-refractivity contribution in [1.82, 2.24) is 9.13 Å². The molecule has 3 heteroatoms. The van der Waals surface area contributed by atoms with Crippen molar-refractivity contribution < 1.29 is 0 Å². The van der Waals surface area contributed by atoms with Gasteiger partial charge in [-0.15, -0.1) is 0 Å². The molecular weight excluding hydrogens is 619 g/mol. The third-order valence-corrected chi connectivity index (χ3v) is 10.1. The Morgan fingerprint density at radius 2 is 0.980 bits per heavy atom. The Balaban J connectivity index is 1.32. The number of nitrogens with two attached hydrogens (primary N) is 1. The molecule has 2 heterocycles. The maximum Gasteiger partial charge on any atom is 0.0788 e. The van der Waals surface area contributed by atoms with Crippen molar-refractivity contribution in [3.05, 3.63) is 205 Å². The van der Waals surface area contributed by atoms with Gasteiger partial charge in [0, 0.05) is 38.6 Å². The minimum absolute atomic E-state index is 0.180. The highest BCUT2D eigenvalue weighted by Crippen LogP contribution is 2.42. The second-order valence-electron chi connectivity index (χ2n) is 13.2. The van der Waals surface area contributed by atoms with E-state index in [1.54, 1.807) is 0 Å². The zero-order chi connectivity index (χ0) is 34.3. The number of nitrogens with zero attached hydrogens (tertiary/aromatic N) is 2. The maximum atomic E-state index is 6.81. The fourth-order valence-electron chi connectivity index (χ4n) is 7.67. The lowest BCUT2D eigenvalue weighted by molar-refractivity contribution is 0.970. The highest BCUT2D eigenvalue weighted by molar-refractivity contribution is 6.23. The molecule has 0 bridgehead atoms. The van der Waals surface area contributed by atoms with E-state index in [0.717, 1.165) is 33.8 Å². The van der Waals surface area contributed by atoms with Crippen molar-refractivity contribution in [3.8, 4) is 11.4 Å². The molecule has 0 spiro atoms. The molecule has 2 aromatic heterocycles. The number of rotatable bonds is 7. The predicted molar refractivity (Wildman–Crippen MR) is 217 cm³/mol. The number of hydrogen-bond acceptors (Lipinski definition) is 1. The molecule has 0 aliphatic carbocycles. The van der Waals surface area contributed by atoms with E-state index in [1.165, 1.54) is 49.2 Å². The van der Waals surface area contributed by atoms with Crippen molar-refractivity contribution in [2.45, 2.75) is 12.8 Å². The van der Waals surface area contributed by atoms with E-state index in [1.807, 2.05) is 18.2 Å². The van der Waals surface area contributed by atoms with Crippen LogP contribution in [-0.2, 0) is 0 Å². The first kappa shape index (κ1) is 30.5. The molecular formula is C48H37N3. The second kappa shape index (κ2) is 12.7. The summed E-state index contributed by atoms with van der Waals surface area (Å²) in [5, 5.41) is 4.93. The topological polar surface area (TPSA) is 35.9 Å². The van der Waals surface area contributed by atoms with Gasteiger partial charge in [-0.3, -0.25) is 0 Å².